The molecule has 0 fully saturated rings. The molecule has 1 rings (SSSR count). The maximum absolute atomic E-state index is 2.32. The molecule has 0 N–H and O–H groups in total. The number of rotatable bonds is 4. The molecule has 0 spiro atoms. The molecule has 0 amide bonds. The SMILES string of the molecule is CCC(c1ccccc1[SiH3])C(C)N(C)C. The second-order valence-corrected chi connectivity index (χ2v) is 5.65. The zero-order chi connectivity index (χ0) is 11.4. The van der Waals surface area contributed by atoms with E-state index in [2.05, 4.69) is 57.1 Å². The standard InChI is InChI=1S/C13H23NSi/c1-5-11(10(2)14(3)4)12-8-6-7-9-13(12)15/h6-11H,5H2,1-4,15H3. The minimum Gasteiger partial charge on any atom is -0.306 e. The predicted octanol–water partition coefficient (Wildman–Crippen LogP) is 1.12. The molecule has 84 valence electrons. The third kappa shape index (κ3) is 2.92. The second kappa shape index (κ2) is 5.47. The highest BCUT2D eigenvalue weighted by atomic mass is 28.1. The van der Waals surface area contributed by atoms with E-state index in [4.69, 9.17) is 0 Å². The van der Waals surface area contributed by atoms with Crippen LogP contribution in [0.5, 0.6) is 0 Å². The molecule has 0 saturated heterocycles. The van der Waals surface area contributed by atoms with Gasteiger partial charge in [-0.3, -0.25) is 0 Å². The molecule has 1 aromatic carbocycles. The van der Waals surface area contributed by atoms with Crippen molar-refractivity contribution in [1.29, 1.82) is 0 Å². The van der Waals surface area contributed by atoms with Gasteiger partial charge in [-0.2, -0.15) is 0 Å². The van der Waals surface area contributed by atoms with E-state index in [-0.39, 0.29) is 0 Å². The lowest BCUT2D eigenvalue weighted by molar-refractivity contribution is 0.268. The first-order valence-corrected chi connectivity index (χ1v) is 6.79. The second-order valence-electron chi connectivity index (χ2n) is 4.58. The molecule has 0 heterocycles. The van der Waals surface area contributed by atoms with Crippen molar-refractivity contribution in [3.8, 4) is 0 Å². The smallest absolute Gasteiger partial charge is 0.0388 e. The number of likely N-dealkylation sites (N-methyl/N-ethyl adjacent to an activating group) is 1. The van der Waals surface area contributed by atoms with Crippen molar-refractivity contribution in [2.45, 2.75) is 32.2 Å². The Hall–Kier alpha value is -0.603. The Kier molecular flexibility index (Phi) is 4.55. The van der Waals surface area contributed by atoms with E-state index >= 15 is 0 Å². The van der Waals surface area contributed by atoms with Crippen molar-refractivity contribution in [3.05, 3.63) is 29.8 Å². The van der Waals surface area contributed by atoms with Crippen molar-refractivity contribution in [2.75, 3.05) is 14.1 Å². The number of benzene rings is 1. The predicted molar refractivity (Wildman–Crippen MR) is 72.2 cm³/mol. The normalized spacial score (nSPS) is 15.5. The summed E-state index contributed by atoms with van der Waals surface area (Å²) in [7, 11) is 5.49. The average molecular weight is 221 g/mol. The van der Waals surface area contributed by atoms with Gasteiger partial charge < -0.3 is 4.90 Å². The molecule has 1 aromatic rings. The van der Waals surface area contributed by atoms with Crippen LogP contribution >= 0.6 is 0 Å². The van der Waals surface area contributed by atoms with Gasteiger partial charge in [0.2, 0.25) is 0 Å². The van der Waals surface area contributed by atoms with E-state index < -0.39 is 0 Å². The van der Waals surface area contributed by atoms with Crippen molar-refractivity contribution >= 4 is 15.4 Å². The lowest BCUT2D eigenvalue weighted by Crippen LogP contribution is -2.33. The third-order valence-corrected chi connectivity index (χ3v) is 4.34. The largest absolute Gasteiger partial charge is 0.306 e. The van der Waals surface area contributed by atoms with Crippen LogP contribution in [0.25, 0.3) is 0 Å². The molecule has 0 aliphatic carbocycles. The molecule has 1 nitrogen and oxygen atoms in total. The number of hydrogen-bond donors (Lipinski definition) is 0. The van der Waals surface area contributed by atoms with Gasteiger partial charge in [0.15, 0.2) is 0 Å². The van der Waals surface area contributed by atoms with Crippen LogP contribution in [0.15, 0.2) is 24.3 Å². The maximum atomic E-state index is 2.32. The van der Waals surface area contributed by atoms with Gasteiger partial charge in [-0.25, -0.2) is 0 Å². The Morgan fingerprint density at radius 1 is 1.27 bits per heavy atom. The highest BCUT2D eigenvalue weighted by molar-refractivity contribution is 6.33. The van der Waals surface area contributed by atoms with Crippen LogP contribution in [0.2, 0.25) is 0 Å². The van der Waals surface area contributed by atoms with Crippen molar-refractivity contribution in [3.63, 3.8) is 0 Å². The summed E-state index contributed by atoms with van der Waals surface area (Å²) in [5.74, 6) is 0.675. The topological polar surface area (TPSA) is 3.24 Å². The van der Waals surface area contributed by atoms with E-state index in [0.29, 0.717) is 12.0 Å². The number of hydrogen-bond acceptors (Lipinski definition) is 1. The molecule has 0 bridgehead atoms. The molecule has 0 aromatic heterocycles. The Balaban J connectivity index is 2.97. The van der Waals surface area contributed by atoms with Gasteiger partial charge in [-0.05, 0) is 38.9 Å². The first-order chi connectivity index (χ1) is 7.07. The van der Waals surface area contributed by atoms with Gasteiger partial charge in [0.1, 0.15) is 0 Å². The average Bonchev–Trinajstić information content (AvgIpc) is 2.21. The summed E-state index contributed by atoms with van der Waals surface area (Å²) in [6.07, 6.45) is 1.22. The summed E-state index contributed by atoms with van der Waals surface area (Å²) in [5, 5.41) is 1.55. The zero-order valence-corrected chi connectivity index (χ0v) is 12.6. The Morgan fingerprint density at radius 2 is 1.87 bits per heavy atom. The van der Waals surface area contributed by atoms with Gasteiger partial charge >= 0.3 is 0 Å². The molecular formula is C13H23NSi. The first kappa shape index (κ1) is 12.5. The molecule has 15 heavy (non-hydrogen) atoms. The van der Waals surface area contributed by atoms with E-state index in [1.54, 1.807) is 10.8 Å². The molecule has 0 aliphatic rings. The van der Waals surface area contributed by atoms with Crippen molar-refractivity contribution in [1.82, 2.24) is 4.90 Å². The highest BCUT2D eigenvalue weighted by Gasteiger charge is 2.20. The fourth-order valence-electron chi connectivity index (χ4n) is 2.18. The lowest BCUT2D eigenvalue weighted by Gasteiger charge is -2.30. The lowest BCUT2D eigenvalue weighted by atomic mass is 9.89. The van der Waals surface area contributed by atoms with Crippen molar-refractivity contribution in [2.24, 2.45) is 0 Å². The van der Waals surface area contributed by atoms with Crippen LogP contribution in [-0.2, 0) is 0 Å². The van der Waals surface area contributed by atoms with Crippen LogP contribution in [0.1, 0.15) is 31.7 Å². The van der Waals surface area contributed by atoms with E-state index in [1.165, 1.54) is 6.42 Å². The Bertz CT molecular complexity index is 309. The minimum absolute atomic E-state index is 0.616. The van der Waals surface area contributed by atoms with E-state index in [0.717, 1.165) is 10.2 Å². The Labute approximate surface area is 96.9 Å². The summed E-state index contributed by atoms with van der Waals surface area (Å²) in [6.45, 7) is 4.61. The molecule has 2 heteroatoms. The molecule has 0 saturated carbocycles. The van der Waals surface area contributed by atoms with Gasteiger partial charge in [0, 0.05) is 16.3 Å². The summed E-state index contributed by atoms with van der Waals surface area (Å²) >= 11 is 0. The fraction of sp³-hybridized carbons (Fsp3) is 0.538. The van der Waals surface area contributed by atoms with Gasteiger partial charge in [0.25, 0.3) is 0 Å². The van der Waals surface area contributed by atoms with Crippen LogP contribution in [0.3, 0.4) is 0 Å². The van der Waals surface area contributed by atoms with Crippen LogP contribution in [0.4, 0.5) is 0 Å². The van der Waals surface area contributed by atoms with Crippen LogP contribution in [0, 0.1) is 0 Å². The number of nitrogens with zero attached hydrogens (tertiary/aromatic N) is 1. The molecule has 2 unspecified atom stereocenters. The van der Waals surface area contributed by atoms with E-state index in [1.807, 2.05) is 0 Å². The quantitative estimate of drug-likeness (QED) is 0.689. The van der Waals surface area contributed by atoms with Crippen molar-refractivity contribution < 1.29 is 0 Å². The van der Waals surface area contributed by atoms with Crippen LogP contribution < -0.4 is 5.19 Å². The molecule has 0 aliphatic heterocycles. The fourth-order valence-corrected chi connectivity index (χ4v) is 2.91. The Morgan fingerprint density at radius 3 is 2.33 bits per heavy atom. The maximum Gasteiger partial charge on any atom is 0.0388 e. The first-order valence-electron chi connectivity index (χ1n) is 5.79. The highest BCUT2D eigenvalue weighted by Crippen LogP contribution is 2.23. The summed E-state index contributed by atoms with van der Waals surface area (Å²) < 4.78 is 0. The van der Waals surface area contributed by atoms with Gasteiger partial charge in [0.05, 0.1) is 0 Å². The molecule has 2 atom stereocenters. The summed E-state index contributed by atoms with van der Waals surface area (Å²) in [5.41, 5.74) is 1.56. The van der Waals surface area contributed by atoms with Gasteiger partial charge in [-0.15, -0.1) is 0 Å². The van der Waals surface area contributed by atoms with E-state index in [9.17, 15) is 0 Å². The summed E-state index contributed by atoms with van der Waals surface area (Å²) in [6, 6.07) is 9.51. The third-order valence-electron chi connectivity index (χ3n) is 3.42. The molecular weight excluding hydrogens is 198 g/mol. The monoisotopic (exact) mass is 221 g/mol. The summed E-state index contributed by atoms with van der Waals surface area (Å²) in [4.78, 5) is 2.32. The van der Waals surface area contributed by atoms with Gasteiger partial charge in [-0.1, -0.05) is 36.4 Å². The molecule has 0 radical (unpaired) electrons. The van der Waals surface area contributed by atoms with Crippen LogP contribution in [-0.4, -0.2) is 35.3 Å². The minimum atomic E-state index is 0.616. The zero-order valence-electron chi connectivity index (χ0n) is 10.6.